The van der Waals surface area contributed by atoms with E-state index in [1.807, 2.05) is 48.5 Å². The molecule has 8 aromatic carbocycles. The lowest BCUT2D eigenvalue weighted by molar-refractivity contribution is -0.991. The van der Waals surface area contributed by atoms with E-state index in [0.29, 0.717) is 52.4 Å². The quantitative estimate of drug-likeness (QED) is 0.0167. The third-order valence-corrected chi connectivity index (χ3v) is 24.0. The predicted molar refractivity (Wildman–Crippen MR) is 453 cm³/mol. The van der Waals surface area contributed by atoms with Crippen LogP contribution < -0.4 is 67.0 Å². The van der Waals surface area contributed by atoms with E-state index in [2.05, 4.69) is 52.5 Å². The van der Waals surface area contributed by atoms with Crippen molar-refractivity contribution in [2.24, 2.45) is 0 Å². The second-order valence-electron chi connectivity index (χ2n) is 29.6. The van der Waals surface area contributed by atoms with E-state index in [9.17, 15) is 56.0 Å². The smallest absolute Gasteiger partial charge is 0.220 e. The normalized spacial score (nSPS) is 18.3. The molecule has 12 rings (SSSR count). The van der Waals surface area contributed by atoms with Gasteiger partial charge in [-0.05, 0) is 193 Å². The maximum absolute atomic E-state index is 11.9. The molecule has 2 fully saturated rings. The molecule has 0 spiro atoms. The highest BCUT2D eigenvalue weighted by Gasteiger charge is 2.40. The Labute approximate surface area is 703 Å². The van der Waals surface area contributed by atoms with Crippen LogP contribution in [0.1, 0.15) is 95.9 Å². The van der Waals surface area contributed by atoms with Gasteiger partial charge >= 0.3 is 0 Å². The summed E-state index contributed by atoms with van der Waals surface area (Å²) in [5.41, 5.74) is 6.80. The Morgan fingerprint density at radius 3 is 0.925 bits per heavy atom. The number of carbonyl (C=O) groups excluding carboxylic acids is 2. The first-order chi connectivity index (χ1) is 57.4. The van der Waals surface area contributed by atoms with Crippen LogP contribution >= 0.6 is 0 Å². The summed E-state index contributed by atoms with van der Waals surface area (Å²) in [5, 5.41) is 39.1. The monoisotopic (exact) mass is 1690 g/mol. The molecule has 4 aliphatic carbocycles. The second-order valence-corrected chi connectivity index (χ2v) is 32.3. The summed E-state index contributed by atoms with van der Waals surface area (Å²) in [6.45, 7) is 3.66. The number of benzene rings is 8. The Morgan fingerprint density at radius 1 is 0.350 bits per heavy atom. The van der Waals surface area contributed by atoms with Gasteiger partial charge in [-0.25, -0.2) is 16.8 Å². The van der Waals surface area contributed by atoms with Crippen molar-refractivity contribution < 1.29 is 123 Å². The van der Waals surface area contributed by atoms with E-state index in [4.69, 9.17) is 47.4 Å². The number of allylic oxidation sites excluding steroid dienone is 8. The SMILES string of the molecule is COc1ccc(/C(=C2\C=CC(=O)C(O)=C2)c2ccccc2S(=O)(=O)[O-])cc1OC.COc1ccc(OC)c(C[NH+](C)[C@H]2CCCC[C@@H]2[NH+](C)Cc2cc(OC)ccc2OC)c1.COc1ccc(OC)c(C[NH+](C)[C@H]2CCCC[C@@H]2[NH+](C)Cc2cc(OC)ccc2OC)c1.O=C1C=C/C(=C(\c2ccc(O)c(O)c2)c2ccccc2S(=O)(=O)[O-])C=C1O. The van der Waals surface area contributed by atoms with Crippen LogP contribution in [0.25, 0.3) is 11.1 Å². The summed E-state index contributed by atoms with van der Waals surface area (Å²) in [6, 6.07) is 46.5. The van der Waals surface area contributed by atoms with Crippen LogP contribution in [0.15, 0.2) is 227 Å². The summed E-state index contributed by atoms with van der Waals surface area (Å²) >= 11 is 0. The average Bonchev–Trinajstić information content (AvgIpc) is 0.774. The molecule has 8 N–H and O–H groups in total. The Morgan fingerprint density at radius 2 is 0.642 bits per heavy atom. The first kappa shape index (κ1) is 92.3. The first-order valence-electron chi connectivity index (χ1n) is 39.2. The number of ether oxygens (including phenoxy) is 10. The number of ketones is 2. The van der Waals surface area contributed by atoms with Crippen LogP contribution in [0.4, 0.5) is 0 Å². The fourth-order valence-electron chi connectivity index (χ4n) is 16.2. The standard InChI is InChI=1S/2C26H38N2O4.C21H18O7S.C19H14O7S/c2*1-27(17-19-15-21(29-3)11-13-25(19)31-5)23-9-7-8-10-24(23)28(2)18-20-16-22(30-4)12-14-26(20)32-6;1-27-18-10-8-14(12-19(18)28-2)21(13-7-9-16(22)17(23)11-13)15-5-3-4-6-20(15)29(24,25)26;20-14-7-5-11(9-16(14)22)19(12-6-8-15(21)17(23)10-12)13-3-1-2-4-18(13)27(24,25)26/h2*11-16,23-24H,7-10,17-18H2,1-6H3;3-12,23H,1-2H3,(H,24,25,26);1-10,20,22-23H,(H,24,25,26)/p+2/b;;21-13-;19-12-/t2*23-,24-;;/m00../s1. The van der Waals surface area contributed by atoms with Crippen LogP contribution in [-0.2, 0) is 56.0 Å². The molecule has 4 unspecified atom stereocenters. The lowest BCUT2D eigenvalue weighted by Crippen LogP contribution is -3.23. The molecule has 0 aliphatic heterocycles. The Bertz CT molecular complexity index is 5080. The Kier molecular flexibility index (Phi) is 33.0. The van der Waals surface area contributed by atoms with Gasteiger partial charge in [0.05, 0.1) is 131 Å². The number of methoxy groups -OCH3 is 10. The largest absolute Gasteiger partial charge is 0.744 e. The van der Waals surface area contributed by atoms with Gasteiger partial charge in [0.15, 0.2) is 34.5 Å². The number of carbonyl (C=O) groups is 2. The Hall–Kier alpha value is -11.6. The number of aliphatic hydroxyl groups excluding tert-OH is 2. The van der Waals surface area contributed by atoms with Crippen LogP contribution in [0.5, 0.6) is 69.0 Å². The molecule has 0 heterocycles. The highest BCUT2D eigenvalue weighted by Crippen LogP contribution is 2.41. The maximum Gasteiger partial charge on any atom is 0.220 e. The molecule has 640 valence electrons. The number of quaternary nitrogens is 4. The van der Waals surface area contributed by atoms with E-state index < -0.39 is 58.9 Å². The van der Waals surface area contributed by atoms with E-state index in [0.717, 1.165) is 90.4 Å². The summed E-state index contributed by atoms with van der Waals surface area (Å²) < 4.78 is 126. The van der Waals surface area contributed by atoms with E-state index >= 15 is 0 Å². The predicted octanol–water partition coefficient (Wildman–Crippen LogP) is 8.90. The number of aromatic hydroxyl groups is 2. The first-order valence-corrected chi connectivity index (χ1v) is 42.0. The lowest BCUT2D eigenvalue weighted by Gasteiger charge is -2.38. The number of nitrogens with one attached hydrogen (secondary N) is 4. The average molecular weight is 1690 g/mol. The zero-order chi connectivity index (χ0) is 87.1. The molecule has 8 aromatic rings. The van der Waals surface area contributed by atoms with Gasteiger partial charge in [-0.1, -0.05) is 60.7 Å². The number of likely N-dealkylation sites (N-methyl/N-ethyl adjacent to an activating group) is 4. The van der Waals surface area contributed by atoms with Crippen LogP contribution in [0.2, 0.25) is 0 Å². The van der Waals surface area contributed by atoms with Crippen molar-refractivity contribution in [3.63, 3.8) is 0 Å². The van der Waals surface area contributed by atoms with Crippen molar-refractivity contribution in [2.45, 2.75) is 112 Å². The van der Waals surface area contributed by atoms with E-state index in [-0.39, 0.29) is 33.6 Å². The minimum atomic E-state index is -4.84. The van der Waals surface area contributed by atoms with Gasteiger partial charge < -0.3 is 96.5 Å². The number of phenolic OH excluding ortho intramolecular Hbond substituents is 2. The second kappa shape index (κ2) is 42.9. The van der Waals surface area contributed by atoms with Crippen molar-refractivity contribution in [3.8, 4) is 69.0 Å². The number of hydrogen-bond donors (Lipinski definition) is 8. The molecule has 0 radical (unpaired) electrons. The lowest BCUT2D eigenvalue weighted by atomic mass is 9.88. The highest BCUT2D eigenvalue weighted by molar-refractivity contribution is 7.86. The number of phenols is 2. The summed E-state index contributed by atoms with van der Waals surface area (Å²) in [5.74, 6) is 4.95. The third kappa shape index (κ3) is 23.5. The topological polar surface area (TPSA) is 340 Å². The zero-order valence-electron chi connectivity index (χ0n) is 70.2. The van der Waals surface area contributed by atoms with Crippen molar-refractivity contribution in [1.29, 1.82) is 0 Å². The molecule has 0 bridgehead atoms. The van der Waals surface area contributed by atoms with Crippen molar-refractivity contribution in [3.05, 3.63) is 261 Å². The third-order valence-electron chi connectivity index (χ3n) is 22.2. The fourth-order valence-corrected chi connectivity index (χ4v) is 17.6. The molecule has 2 saturated carbocycles. The van der Waals surface area contributed by atoms with E-state index in [1.165, 1.54) is 186 Å². The molecular weight excluding hydrogens is 1580 g/mol. The van der Waals surface area contributed by atoms with Crippen LogP contribution in [0.3, 0.4) is 0 Å². The number of rotatable bonds is 28. The summed E-state index contributed by atoms with van der Waals surface area (Å²) in [6.07, 6.45) is 17.6. The fraction of sp³-hybridized carbons (Fsp3) is 0.326. The number of hydrogen-bond acceptors (Lipinski definition) is 22. The van der Waals surface area contributed by atoms with Crippen molar-refractivity contribution >= 4 is 42.9 Å². The number of aliphatic hydroxyl groups is 2. The summed E-state index contributed by atoms with van der Waals surface area (Å²) in [4.78, 5) is 28.3. The van der Waals surface area contributed by atoms with Gasteiger partial charge in [0.25, 0.3) is 0 Å². The van der Waals surface area contributed by atoms with Crippen molar-refractivity contribution in [1.82, 2.24) is 0 Å². The maximum atomic E-state index is 11.9. The molecular formula is C92H110N4O22S2+2. The van der Waals surface area contributed by atoms with Gasteiger partial charge in [0.1, 0.15) is 117 Å². The molecule has 28 heteroatoms. The van der Waals surface area contributed by atoms with Crippen LogP contribution in [0, 0.1) is 0 Å². The molecule has 4 aliphatic rings. The van der Waals surface area contributed by atoms with Gasteiger partial charge in [-0.3, -0.25) is 9.59 Å². The van der Waals surface area contributed by atoms with Gasteiger partial charge in [0, 0.05) is 36.8 Å². The molecule has 8 atom stereocenters. The van der Waals surface area contributed by atoms with Gasteiger partial charge in [0.2, 0.25) is 11.6 Å². The molecule has 120 heavy (non-hydrogen) atoms. The minimum Gasteiger partial charge on any atom is -0.744 e. The van der Waals surface area contributed by atoms with Crippen LogP contribution in [-0.4, -0.2) is 181 Å². The van der Waals surface area contributed by atoms with E-state index in [1.54, 1.807) is 81.1 Å². The Balaban J connectivity index is 0.000000182. The molecule has 0 saturated heterocycles. The minimum absolute atomic E-state index is 0.0237. The summed E-state index contributed by atoms with van der Waals surface area (Å²) in [7, 11) is 16.4. The van der Waals surface area contributed by atoms with Gasteiger partial charge in [-0.2, -0.15) is 0 Å². The molecule has 0 aromatic heterocycles. The highest BCUT2D eigenvalue weighted by atomic mass is 32.2. The van der Waals surface area contributed by atoms with Crippen molar-refractivity contribution in [2.75, 3.05) is 99.3 Å². The molecule has 0 amide bonds. The zero-order valence-corrected chi connectivity index (χ0v) is 71.9. The van der Waals surface area contributed by atoms with Gasteiger partial charge in [-0.15, -0.1) is 0 Å². The molecule has 26 nitrogen and oxygen atoms in total.